The van der Waals surface area contributed by atoms with Gasteiger partial charge in [0.2, 0.25) is 0 Å². The molecule has 5 aromatic carbocycles. The van der Waals surface area contributed by atoms with Crippen molar-refractivity contribution in [3.8, 4) is 0 Å². The molecule has 0 saturated heterocycles. The molecule has 0 aliphatic heterocycles. The van der Waals surface area contributed by atoms with Gasteiger partial charge in [-0.15, -0.1) is 0 Å². The zero-order valence-corrected chi connectivity index (χ0v) is 22.8. The van der Waals surface area contributed by atoms with Crippen molar-refractivity contribution in [1.82, 2.24) is 0 Å². The second-order valence-corrected chi connectivity index (χ2v) is 11.2. The molecule has 7 rings (SSSR count). The van der Waals surface area contributed by atoms with E-state index in [0.29, 0.717) is 0 Å². The Balaban J connectivity index is 1.47. The third kappa shape index (κ3) is 3.97. The van der Waals surface area contributed by atoms with Crippen molar-refractivity contribution in [3.63, 3.8) is 0 Å². The van der Waals surface area contributed by atoms with E-state index in [1.54, 1.807) is 0 Å². The molecule has 0 amide bonds. The minimum Gasteiger partial charge on any atom is -0.355 e. The van der Waals surface area contributed by atoms with E-state index in [4.69, 9.17) is 10.7 Å². The summed E-state index contributed by atoms with van der Waals surface area (Å²) >= 11 is 0. The van der Waals surface area contributed by atoms with Crippen molar-refractivity contribution in [2.24, 2.45) is 10.7 Å². The second-order valence-electron chi connectivity index (χ2n) is 11.2. The first kappa shape index (κ1) is 24.6. The van der Waals surface area contributed by atoms with Gasteiger partial charge in [-0.05, 0) is 101 Å². The van der Waals surface area contributed by atoms with E-state index >= 15 is 0 Å². The fourth-order valence-corrected chi connectivity index (χ4v) is 6.65. The lowest BCUT2D eigenvalue weighted by Gasteiger charge is -2.30. The molecule has 0 saturated carbocycles. The van der Waals surface area contributed by atoms with E-state index < -0.39 is 5.54 Å². The summed E-state index contributed by atoms with van der Waals surface area (Å²) in [5, 5.41) is 8.65. The number of nitrogens with one attached hydrogen (secondary N) is 1. The predicted octanol–water partition coefficient (Wildman–Crippen LogP) is 8.99. The molecule has 40 heavy (non-hydrogen) atoms. The topological polar surface area (TPSA) is 50.4 Å². The van der Waals surface area contributed by atoms with Gasteiger partial charge < -0.3 is 11.1 Å². The Morgan fingerprint density at radius 2 is 1.62 bits per heavy atom. The second kappa shape index (κ2) is 9.62. The van der Waals surface area contributed by atoms with Gasteiger partial charge in [0, 0.05) is 28.7 Å². The molecule has 0 bridgehead atoms. The molecule has 2 aliphatic carbocycles. The van der Waals surface area contributed by atoms with Gasteiger partial charge in [-0.25, -0.2) is 0 Å². The first-order chi connectivity index (χ1) is 19.5. The molecule has 0 radical (unpaired) electrons. The molecule has 2 atom stereocenters. The van der Waals surface area contributed by atoms with Gasteiger partial charge in [-0.2, -0.15) is 0 Å². The third-order valence-electron chi connectivity index (χ3n) is 8.75. The standard InChI is InChI=1S/C37H33N3/c1-3-24-11-7-8-13-26(24)23-39-37(2)34-21-28(38)17-18-31(34)33-20-27-19-25-12-9-10-16-30(25)36(32(27)22-35(33)37)40-29-14-5-4-6-15-29/h3-16,19-20,22-23,28,40H,1,17-18,21,38H2,2H3. The highest BCUT2D eigenvalue weighted by Gasteiger charge is 2.43. The minimum atomic E-state index is -0.485. The Bertz CT molecular complexity index is 1850. The van der Waals surface area contributed by atoms with Crippen molar-refractivity contribution >= 4 is 50.8 Å². The van der Waals surface area contributed by atoms with Crippen LogP contribution in [0.1, 0.15) is 48.4 Å². The van der Waals surface area contributed by atoms with Crippen LogP contribution in [0, 0.1) is 0 Å². The van der Waals surface area contributed by atoms with Crippen LogP contribution in [0.15, 0.2) is 114 Å². The van der Waals surface area contributed by atoms with Crippen molar-refractivity contribution in [2.75, 3.05) is 5.32 Å². The summed E-state index contributed by atoms with van der Waals surface area (Å²) in [6.07, 6.45) is 6.80. The van der Waals surface area contributed by atoms with Gasteiger partial charge in [0.15, 0.2) is 0 Å². The molecule has 0 aromatic heterocycles. The normalized spacial score (nSPS) is 20.2. The molecule has 3 nitrogen and oxygen atoms in total. The lowest BCUT2D eigenvalue weighted by molar-refractivity contribution is 0.514. The molecular formula is C37H33N3. The van der Waals surface area contributed by atoms with E-state index in [1.807, 2.05) is 24.4 Å². The number of nitrogens with two attached hydrogens (primary N) is 1. The molecule has 196 valence electrons. The summed E-state index contributed by atoms with van der Waals surface area (Å²) in [5.74, 6) is 0. The summed E-state index contributed by atoms with van der Waals surface area (Å²) in [7, 11) is 0. The van der Waals surface area contributed by atoms with Gasteiger partial charge in [0.1, 0.15) is 5.54 Å². The highest BCUT2D eigenvalue weighted by atomic mass is 14.9. The lowest BCUT2D eigenvalue weighted by Crippen LogP contribution is -2.29. The average molecular weight is 520 g/mol. The maximum absolute atomic E-state index is 6.57. The fourth-order valence-electron chi connectivity index (χ4n) is 6.65. The zero-order chi connectivity index (χ0) is 27.3. The number of rotatable bonds is 5. The van der Waals surface area contributed by atoms with Crippen LogP contribution < -0.4 is 11.1 Å². The molecule has 2 aliphatic rings. The van der Waals surface area contributed by atoms with Crippen LogP contribution in [0.2, 0.25) is 0 Å². The minimum absolute atomic E-state index is 0.162. The van der Waals surface area contributed by atoms with Gasteiger partial charge in [-0.1, -0.05) is 79.4 Å². The van der Waals surface area contributed by atoms with Crippen LogP contribution in [0.3, 0.4) is 0 Å². The monoisotopic (exact) mass is 519 g/mol. The maximum Gasteiger partial charge on any atom is 0.105 e. The summed E-state index contributed by atoms with van der Waals surface area (Å²) in [6.45, 7) is 6.28. The van der Waals surface area contributed by atoms with Crippen LogP contribution in [-0.4, -0.2) is 12.3 Å². The predicted molar refractivity (Wildman–Crippen MR) is 171 cm³/mol. The first-order valence-corrected chi connectivity index (χ1v) is 14.1. The van der Waals surface area contributed by atoms with E-state index in [9.17, 15) is 0 Å². The molecular weight excluding hydrogens is 486 g/mol. The van der Waals surface area contributed by atoms with E-state index in [2.05, 4.69) is 104 Å². The highest BCUT2D eigenvalue weighted by Crippen LogP contribution is 2.54. The highest BCUT2D eigenvalue weighted by molar-refractivity contribution is 6.13. The Morgan fingerprint density at radius 3 is 2.45 bits per heavy atom. The van der Waals surface area contributed by atoms with Gasteiger partial charge in [0.25, 0.3) is 0 Å². The zero-order valence-electron chi connectivity index (χ0n) is 22.8. The summed E-state index contributed by atoms with van der Waals surface area (Å²) in [5.41, 5.74) is 15.8. The molecule has 3 N–H and O–H groups in total. The summed E-state index contributed by atoms with van der Waals surface area (Å²) in [6, 6.07) is 34.6. The van der Waals surface area contributed by atoms with Crippen molar-refractivity contribution in [1.29, 1.82) is 0 Å². The fraction of sp³-hybridized carbons (Fsp3) is 0.162. The van der Waals surface area contributed by atoms with Gasteiger partial charge in [-0.3, -0.25) is 4.99 Å². The number of hydrogen-bond acceptors (Lipinski definition) is 3. The smallest absolute Gasteiger partial charge is 0.105 e. The largest absolute Gasteiger partial charge is 0.355 e. The summed E-state index contributed by atoms with van der Waals surface area (Å²) < 4.78 is 0. The van der Waals surface area contributed by atoms with Crippen molar-refractivity contribution in [2.45, 2.75) is 37.8 Å². The number of benzene rings is 5. The first-order valence-electron chi connectivity index (χ1n) is 14.1. The van der Waals surface area contributed by atoms with Crippen LogP contribution in [0.4, 0.5) is 11.4 Å². The third-order valence-corrected chi connectivity index (χ3v) is 8.75. The number of para-hydroxylation sites is 1. The van der Waals surface area contributed by atoms with Crippen molar-refractivity contribution in [3.05, 3.63) is 131 Å². The molecule has 0 fully saturated rings. The van der Waals surface area contributed by atoms with Crippen LogP contribution in [-0.2, 0) is 5.54 Å². The number of allylic oxidation sites excluding steroid dienone is 1. The Kier molecular flexibility index (Phi) is 5.91. The lowest BCUT2D eigenvalue weighted by atomic mass is 9.81. The average Bonchev–Trinajstić information content (AvgIpc) is 3.22. The van der Waals surface area contributed by atoms with Crippen LogP contribution in [0.5, 0.6) is 0 Å². The van der Waals surface area contributed by atoms with Gasteiger partial charge >= 0.3 is 0 Å². The molecule has 0 spiro atoms. The Hall–Kier alpha value is -4.47. The molecule has 2 unspecified atom stereocenters. The molecule has 0 heterocycles. The van der Waals surface area contributed by atoms with E-state index in [1.165, 1.54) is 43.8 Å². The quantitative estimate of drug-likeness (QED) is 0.180. The number of nitrogens with zero attached hydrogens (tertiary/aromatic N) is 1. The van der Waals surface area contributed by atoms with Crippen LogP contribution in [0.25, 0.3) is 33.2 Å². The molecule has 3 heteroatoms. The number of hydrogen-bond donors (Lipinski definition) is 2. The van der Waals surface area contributed by atoms with Crippen molar-refractivity contribution < 1.29 is 0 Å². The maximum atomic E-state index is 6.57. The van der Waals surface area contributed by atoms with Crippen LogP contribution >= 0.6 is 0 Å². The SMILES string of the molecule is C=Cc1ccccc1C=NC1(C)C2=C(CCC(N)C2)c2cc3cc4ccccc4c(Nc4ccccc4)c3cc21. The molecule has 5 aromatic rings. The van der Waals surface area contributed by atoms with E-state index in [0.717, 1.165) is 41.8 Å². The summed E-state index contributed by atoms with van der Waals surface area (Å²) in [4.78, 5) is 5.37. The van der Waals surface area contributed by atoms with Gasteiger partial charge in [0.05, 0.1) is 5.69 Å². The number of aliphatic imine (C=N–C) groups is 1. The van der Waals surface area contributed by atoms with E-state index in [-0.39, 0.29) is 6.04 Å². The number of fused-ring (bicyclic) bond motifs is 4. The number of anilines is 2. The Labute approximate surface area is 235 Å². The Morgan fingerprint density at radius 1 is 0.875 bits per heavy atom.